The number of fused-ring (bicyclic) bond motifs is 5. The normalized spacial score (nSPS) is 10.7. The minimum Gasteiger partial charge on any atom is -0.247 e. The van der Waals surface area contributed by atoms with Crippen LogP contribution in [0.25, 0.3) is 77.6 Å². The molecule has 0 saturated heterocycles. The van der Waals surface area contributed by atoms with E-state index in [1.807, 2.05) is 84.9 Å². The lowest BCUT2D eigenvalue weighted by Gasteiger charge is -2.16. The third-order valence-electron chi connectivity index (χ3n) is 8.76. The van der Waals surface area contributed by atoms with E-state index in [1.54, 1.807) is 42.5 Å². The van der Waals surface area contributed by atoms with Crippen molar-refractivity contribution in [3.63, 3.8) is 0 Å². The molecular weight excluding hydrogens is 615 g/mol. The average molecular weight is 636 g/mol. The van der Waals surface area contributed by atoms with E-state index in [1.165, 1.54) is 0 Å². The summed E-state index contributed by atoms with van der Waals surface area (Å²) in [6, 6.07) is 48.2. The zero-order valence-electron chi connectivity index (χ0n) is 26.3. The summed E-state index contributed by atoms with van der Waals surface area (Å²) in [6.07, 6.45) is 0. The number of hydrogen-bond acceptors (Lipinski definition) is 7. The Morgan fingerprint density at radius 2 is 0.920 bits per heavy atom. The van der Waals surface area contributed by atoms with E-state index in [0.29, 0.717) is 44.7 Å². The first-order chi connectivity index (χ1) is 24.6. The number of para-hydroxylation sites is 1. The molecule has 7 nitrogen and oxygen atoms in total. The Hall–Kier alpha value is -7.71. The fraction of sp³-hybridized carbons (Fsp3) is 0. The molecule has 6 aromatic carbocycles. The van der Waals surface area contributed by atoms with Gasteiger partial charge in [-0.2, -0.15) is 21.0 Å². The van der Waals surface area contributed by atoms with Crippen molar-refractivity contribution < 1.29 is 0 Å². The molecule has 50 heavy (non-hydrogen) atoms. The lowest BCUT2D eigenvalue weighted by atomic mass is 9.91. The van der Waals surface area contributed by atoms with Gasteiger partial charge in [0.05, 0.1) is 80.2 Å². The van der Waals surface area contributed by atoms with E-state index >= 15 is 0 Å². The number of hydrogen-bond donors (Lipinski definition) is 0. The van der Waals surface area contributed by atoms with Crippen LogP contribution in [-0.2, 0) is 0 Å². The molecular formula is C43H21N7. The van der Waals surface area contributed by atoms with Gasteiger partial charge in [0.1, 0.15) is 0 Å². The molecule has 0 aliphatic rings. The van der Waals surface area contributed by atoms with Gasteiger partial charge in [-0.1, -0.05) is 66.7 Å². The number of aromatic nitrogens is 3. The SMILES string of the molecule is N#Cc1ccc(-c2nc3ccc4c(-c5ccccc5-c5cc(C#N)cc(C#N)c5)nc5ccccc5c4c3nc2-c2ccc(C#N)cc2)cc1. The molecule has 0 radical (unpaired) electrons. The van der Waals surface area contributed by atoms with Crippen molar-refractivity contribution in [2.24, 2.45) is 0 Å². The van der Waals surface area contributed by atoms with Gasteiger partial charge in [0.25, 0.3) is 0 Å². The molecule has 7 heteroatoms. The van der Waals surface area contributed by atoms with Crippen LogP contribution in [0.2, 0.25) is 0 Å². The van der Waals surface area contributed by atoms with Crippen molar-refractivity contribution in [1.82, 2.24) is 15.0 Å². The number of pyridine rings is 1. The van der Waals surface area contributed by atoms with Gasteiger partial charge in [-0.05, 0) is 71.8 Å². The first kappa shape index (κ1) is 29.7. The molecule has 0 aliphatic carbocycles. The van der Waals surface area contributed by atoms with Crippen LogP contribution in [0.3, 0.4) is 0 Å². The summed E-state index contributed by atoms with van der Waals surface area (Å²) in [6.45, 7) is 0. The number of rotatable bonds is 4. The Balaban J connectivity index is 1.46. The molecule has 0 bridgehead atoms. The molecule has 8 rings (SSSR count). The summed E-state index contributed by atoms with van der Waals surface area (Å²) < 4.78 is 0. The van der Waals surface area contributed by atoms with E-state index in [-0.39, 0.29) is 0 Å². The quantitative estimate of drug-likeness (QED) is 0.176. The highest BCUT2D eigenvalue weighted by Gasteiger charge is 2.20. The molecule has 0 fully saturated rings. The predicted octanol–water partition coefficient (Wildman–Crippen LogP) is 9.49. The third kappa shape index (κ3) is 5.02. The first-order valence-corrected chi connectivity index (χ1v) is 15.7. The Bertz CT molecular complexity index is 2810. The van der Waals surface area contributed by atoms with Crippen LogP contribution in [0, 0.1) is 45.3 Å². The van der Waals surface area contributed by atoms with E-state index in [4.69, 9.17) is 15.0 Å². The smallest absolute Gasteiger partial charge is 0.0992 e. The predicted molar refractivity (Wildman–Crippen MR) is 193 cm³/mol. The van der Waals surface area contributed by atoms with Gasteiger partial charge in [-0.3, -0.25) is 0 Å². The van der Waals surface area contributed by atoms with Crippen LogP contribution in [0.4, 0.5) is 0 Å². The van der Waals surface area contributed by atoms with E-state index in [9.17, 15) is 21.0 Å². The number of nitriles is 4. The molecule has 0 unspecified atom stereocenters. The van der Waals surface area contributed by atoms with Crippen molar-refractivity contribution in [1.29, 1.82) is 21.0 Å². The maximum atomic E-state index is 9.71. The molecule has 0 atom stereocenters. The standard InChI is InChI=1S/C43H21N7/c44-22-26-9-13-30(14-10-26)40-41(31-15-11-27(23-45)12-16-31)50-43-38(49-40)18-17-36-39(43)35-7-3-4-8-37(35)48-42(36)34-6-2-1-5-33(34)32-20-28(24-46)19-29(21-32)25-47/h1-21H. The first-order valence-electron chi connectivity index (χ1n) is 15.7. The summed E-state index contributed by atoms with van der Waals surface area (Å²) >= 11 is 0. The molecule has 0 saturated carbocycles. The lowest BCUT2D eigenvalue weighted by molar-refractivity contribution is 1.30. The Morgan fingerprint density at radius 1 is 0.380 bits per heavy atom. The second kappa shape index (κ2) is 12.1. The van der Waals surface area contributed by atoms with Crippen LogP contribution in [0.15, 0.2) is 127 Å². The zero-order chi connectivity index (χ0) is 34.2. The summed E-state index contributed by atoms with van der Waals surface area (Å²) in [5.41, 5.74) is 10.1. The van der Waals surface area contributed by atoms with Crippen molar-refractivity contribution in [2.45, 2.75) is 0 Å². The minimum atomic E-state index is 0.403. The molecule has 0 spiro atoms. The van der Waals surface area contributed by atoms with Crippen LogP contribution >= 0.6 is 0 Å². The topological polar surface area (TPSA) is 134 Å². The van der Waals surface area contributed by atoms with Crippen LogP contribution < -0.4 is 0 Å². The highest BCUT2D eigenvalue weighted by Crippen LogP contribution is 2.41. The van der Waals surface area contributed by atoms with E-state index in [2.05, 4.69) is 24.3 Å². The molecule has 2 heterocycles. The highest BCUT2D eigenvalue weighted by atomic mass is 14.8. The second-order valence-corrected chi connectivity index (χ2v) is 11.7. The molecule has 228 valence electrons. The van der Waals surface area contributed by atoms with Gasteiger partial charge in [-0.25, -0.2) is 15.0 Å². The molecule has 0 N–H and O–H groups in total. The summed E-state index contributed by atoms with van der Waals surface area (Å²) in [5, 5.41) is 41.0. The van der Waals surface area contributed by atoms with Gasteiger partial charge < -0.3 is 0 Å². The molecule has 2 aromatic heterocycles. The minimum absolute atomic E-state index is 0.403. The summed E-state index contributed by atoms with van der Waals surface area (Å²) in [4.78, 5) is 15.7. The number of nitrogens with zero attached hydrogens (tertiary/aromatic N) is 7. The van der Waals surface area contributed by atoms with Gasteiger partial charge in [-0.15, -0.1) is 0 Å². The molecule has 8 aromatic rings. The summed E-state index contributed by atoms with van der Waals surface area (Å²) in [5.74, 6) is 0. The van der Waals surface area contributed by atoms with Crippen LogP contribution in [0.5, 0.6) is 0 Å². The number of benzene rings is 6. The van der Waals surface area contributed by atoms with Crippen molar-refractivity contribution in [3.05, 3.63) is 150 Å². The second-order valence-electron chi connectivity index (χ2n) is 11.7. The van der Waals surface area contributed by atoms with E-state index in [0.717, 1.165) is 55.2 Å². The van der Waals surface area contributed by atoms with Gasteiger partial charge in [0, 0.05) is 32.8 Å². The van der Waals surface area contributed by atoms with Crippen LogP contribution in [0.1, 0.15) is 22.3 Å². The van der Waals surface area contributed by atoms with Gasteiger partial charge in [0.2, 0.25) is 0 Å². The van der Waals surface area contributed by atoms with Gasteiger partial charge in [0.15, 0.2) is 0 Å². The zero-order valence-corrected chi connectivity index (χ0v) is 26.3. The Labute approximate surface area is 286 Å². The van der Waals surface area contributed by atoms with Crippen molar-refractivity contribution >= 4 is 32.7 Å². The largest absolute Gasteiger partial charge is 0.247 e. The van der Waals surface area contributed by atoms with Crippen molar-refractivity contribution in [2.75, 3.05) is 0 Å². The van der Waals surface area contributed by atoms with Gasteiger partial charge >= 0.3 is 0 Å². The third-order valence-corrected chi connectivity index (χ3v) is 8.76. The lowest BCUT2D eigenvalue weighted by Crippen LogP contribution is -1.98. The monoisotopic (exact) mass is 635 g/mol. The molecule has 0 aliphatic heterocycles. The maximum Gasteiger partial charge on any atom is 0.0992 e. The average Bonchev–Trinajstić information content (AvgIpc) is 3.19. The molecule has 0 amide bonds. The summed E-state index contributed by atoms with van der Waals surface area (Å²) in [7, 11) is 0. The fourth-order valence-corrected chi connectivity index (χ4v) is 6.42. The van der Waals surface area contributed by atoms with Crippen LogP contribution in [-0.4, -0.2) is 15.0 Å². The Kier molecular flexibility index (Phi) is 7.21. The Morgan fingerprint density at radius 3 is 1.54 bits per heavy atom. The fourth-order valence-electron chi connectivity index (χ4n) is 6.42. The maximum absolute atomic E-state index is 9.71. The van der Waals surface area contributed by atoms with E-state index < -0.39 is 0 Å². The highest BCUT2D eigenvalue weighted by molar-refractivity contribution is 6.21. The van der Waals surface area contributed by atoms with Crippen molar-refractivity contribution in [3.8, 4) is 69.2 Å².